The Labute approximate surface area is 95.0 Å². The minimum absolute atomic E-state index is 0.0184. The Morgan fingerprint density at radius 1 is 1.53 bits per heavy atom. The third kappa shape index (κ3) is 3.70. The molecule has 3 nitrogen and oxygen atoms in total. The standard InChI is InChI=1S/C11H16ClNO2/c1-8(7-15-2)13-11-5-9(6-14)3-4-10(11)12/h3-5,8,13-14H,6-7H2,1-2H3. The third-order valence-electron chi connectivity index (χ3n) is 2.03. The van der Waals surface area contributed by atoms with Crippen molar-refractivity contribution in [3.63, 3.8) is 0 Å². The Morgan fingerprint density at radius 3 is 2.87 bits per heavy atom. The summed E-state index contributed by atoms with van der Waals surface area (Å²) in [6, 6.07) is 5.60. The number of halogens is 1. The number of hydrogen-bond acceptors (Lipinski definition) is 3. The molecule has 0 saturated heterocycles. The quantitative estimate of drug-likeness (QED) is 0.814. The molecule has 1 aromatic rings. The molecule has 0 aliphatic rings. The fraction of sp³-hybridized carbons (Fsp3) is 0.455. The smallest absolute Gasteiger partial charge is 0.0682 e. The third-order valence-corrected chi connectivity index (χ3v) is 2.36. The highest BCUT2D eigenvalue weighted by atomic mass is 35.5. The van der Waals surface area contributed by atoms with Gasteiger partial charge in [-0.15, -0.1) is 0 Å². The molecule has 0 amide bonds. The maximum Gasteiger partial charge on any atom is 0.0682 e. The highest BCUT2D eigenvalue weighted by molar-refractivity contribution is 6.33. The summed E-state index contributed by atoms with van der Waals surface area (Å²) in [6.07, 6.45) is 0. The van der Waals surface area contributed by atoms with Crippen molar-refractivity contribution < 1.29 is 9.84 Å². The second-order valence-electron chi connectivity index (χ2n) is 3.47. The first-order chi connectivity index (χ1) is 7.17. The Balaban J connectivity index is 2.74. The number of methoxy groups -OCH3 is 1. The van der Waals surface area contributed by atoms with Crippen LogP contribution in [0, 0.1) is 0 Å². The van der Waals surface area contributed by atoms with Gasteiger partial charge in [-0.2, -0.15) is 0 Å². The molecule has 0 aliphatic heterocycles. The van der Waals surface area contributed by atoms with Crippen molar-refractivity contribution in [2.24, 2.45) is 0 Å². The summed E-state index contributed by atoms with van der Waals surface area (Å²) in [7, 11) is 1.66. The molecule has 1 aromatic carbocycles. The molecule has 0 fully saturated rings. The normalized spacial score (nSPS) is 12.5. The number of rotatable bonds is 5. The number of ether oxygens (including phenoxy) is 1. The average Bonchev–Trinajstić information content (AvgIpc) is 2.21. The van der Waals surface area contributed by atoms with Crippen LogP contribution in [-0.2, 0) is 11.3 Å². The van der Waals surface area contributed by atoms with Gasteiger partial charge in [0.1, 0.15) is 0 Å². The first-order valence-corrected chi connectivity index (χ1v) is 5.20. The highest BCUT2D eigenvalue weighted by Crippen LogP contribution is 2.23. The molecule has 4 heteroatoms. The van der Waals surface area contributed by atoms with E-state index in [0.717, 1.165) is 11.3 Å². The summed E-state index contributed by atoms with van der Waals surface area (Å²) in [5.74, 6) is 0. The van der Waals surface area contributed by atoms with Gasteiger partial charge < -0.3 is 15.2 Å². The fourth-order valence-electron chi connectivity index (χ4n) is 1.34. The Bertz CT molecular complexity index is 317. The van der Waals surface area contributed by atoms with Crippen molar-refractivity contribution in [2.45, 2.75) is 19.6 Å². The lowest BCUT2D eigenvalue weighted by Gasteiger charge is -2.16. The van der Waals surface area contributed by atoms with E-state index >= 15 is 0 Å². The molecule has 15 heavy (non-hydrogen) atoms. The van der Waals surface area contributed by atoms with Gasteiger partial charge in [-0.05, 0) is 24.6 Å². The lowest BCUT2D eigenvalue weighted by Crippen LogP contribution is -2.21. The molecule has 1 atom stereocenters. The van der Waals surface area contributed by atoms with Crippen LogP contribution in [0.5, 0.6) is 0 Å². The lowest BCUT2D eigenvalue weighted by atomic mass is 10.2. The van der Waals surface area contributed by atoms with E-state index in [1.165, 1.54) is 0 Å². The van der Waals surface area contributed by atoms with E-state index < -0.39 is 0 Å². The van der Waals surface area contributed by atoms with Crippen molar-refractivity contribution >= 4 is 17.3 Å². The minimum Gasteiger partial charge on any atom is -0.392 e. The maximum atomic E-state index is 8.99. The van der Waals surface area contributed by atoms with Gasteiger partial charge >= 0.3 is 0 Å². The van der Waals surface area contributed by atoms with Gasteiger partial charge in [0.25, 0.3) is 0 Å². The minimum atomic E-state index is 0.0184. The van der Waals surface area contributed by atoms with E-state index in [-0.39, 0.29) is 12.6 Å². The molecular formula is C11H16ClNO2. The summed E-state index contributed by atoms with van der Waals surface area (Å²) in [4.78, 5) is 0. The van der Waals surface area contributed by atoms with E-state index in [4.69, 9.17) is 21.4 Å². The van der Waals surface area contributed by atoms with Crippen LogP contribution in [0.15, 0.2) is 18.2 Å². The monoisotopic (exact) mass is 229 g/mol. The zero-order valence-corrected chi connectivity index (χ0v) is 9.71. The van der Waals surface area contributed by atoms with Gasteiger partial charge in [-0.3, -0.25) is 0 Å². The molecule has 0 aliphatic carbocycles. The average molecular weight is 230 g/mol. The van der Waals surface area contributed by atoms with Crippen molar-refractivity contribution in [3.05, 3.63) is 28.8 Å². The number of hydrogen-bond donors (Lipinski definition) is 2. The molecule has 0 spiro atoms. The summed E-state index contributed by atoms with van der Waals surface area (Å²) < 4.78 is 5.02. The van der Waals surface area contributed by atoms with Gasteiger partial charge in [0.2, 0.25) is 0 Å². The SMILES string of the molecule is COCC(C)Nc1cc(CO)ccc1Cl. The molecule has 1 unspecified atom stereocenters. The zero-order chi connectivity index (χ0) is 11.3. The summed E-state index contributed by atoms with van der Waals surface area (Å²) in [5.41, 5.74) is 1.67. The number of anilines is 1. The first kappa shape index (κ1) is 12.3. The van der Waals surface area contributed by atoms with Gasteiger partial charge in [0.15, 0.2) is 0 Å². The van der Waals surface area contributed by atoms with Crippen LogP contribution in [0.4, 0.5) is 5.69 Å². The van der Waals surface area contributed by atoms with Crippen LogP contribution in [0.25, 0.3) is 0 Å². The van der Waals surface area contributed by atoms with Crippen molar-refractivity contribution in [3.8, 4) is 0 Å². The Hall–Kier alpha value is -0.770. The van der Waals surface area contributed by atoms with Crippen LogP contribution in [-0.4, -0.2) is 24.9 Å². The largest absolute Gasteiger partial charge is 0.392 e. The molecule has 0 aromatic heterocycles. The molecule has 1 rings (SSSR count). The molecule has 2 N–H and O–H groups in total. The molecule has 0 radical (unpaired) electrons. The summed E-state index contributed by atoms with van der Waals surface area (Å²) in [6.45, 7) is 2.63. The maximum absolute atomic E-state index is 8.99. The van der Waals surface area contributed by atoms with E-state index in [2.05, 4.69) is 5.32 Å². The first-order valence-electron chi connectivity index (χ1n) is 4.82. The lowest BCUT2D eigenvalue weighted by molar-refractivity contribution is 0.190. The Morgan fingerprint density at radius 2 is 2.27 bits per heavy atom. The second kappa shape index (κ2) is 5.95. The van der Waals surface area contributed by atoms with Gasteiger partial charge in [0.05, 0.1) is 23.9 Å². The summed E-state index contributed by atoms with van der Waals surface area (Å²) >= 11 is 6.01. The van der Waals surface area contributed by atoms with Gasteiger partial charge in [0, 0.05) is 13.2 Å². The van der Waals surface area contributed by atoms with E-state index in [1.807, 2.05) is 13.0 Å². The molecular weight excluding hydrogens is 214 g/mol. The predicted molar refractivity (Wildman–Crippen MR) is 62.3 cm³/mol. The number of benzene rings is 1. The van der Waals surface area contributed by atoms with Crippen molar-refractivity contribution in [1.82, 2.24) is 0 Å². The van der Waals surface area contributed by atoms with E-state index in [9.17, 15) is 0 Å². The van der Waals surface area contributed by atoms with Crippen LogP contribution >= 0.6 is 11.6 Å². The Kier molecular flexibility index (Phi) is 4.88. The zero-order valence-electron chi connectivity index (χ0n) is 8.96. The fourth-order valence-corrected chi connectivity index (χ4v) is 1.51. The number of nitrogens with one attached hydrogen (secondary N) is 1. The van der Waals surface area contributed by atoms with Crippen LogP contribution in [0.2, 0.25) is 5.02 Å². The number of aliphatic hydroxyl groups is 1. The topological polar surface area (TPSA) is 41.5 Å². The second-order valence-corrected chi connectivity index (χ2v) is 3.88. The van der Waals surface area contributed by atoms with Crippen molar-refractivity contribution in [1.29, 1.82) is 0 Å². The van der Waals surface area contributed by atoms with Crippen LogP contribution < -0.4 is 5.32 Å². The molecule has 84 valence electrons. The summed E-state index contributed by atoms with van der Waals surface area (Å²) in [5, 5.41) is 12.9. The molecule has 0 heterocycles. The highest BCUT2D eigenvalue weighted by Gasteiger charge is 2.05. The molecule has 0 saturated carbocycles. The molecule has 0 bridgehead atoms. The van der Waals surface area contributed by atoms with Crippen LogP contribution in [0.1, 0.15) is 12.5 Å². The number of aliphatic hydroxyl groups excluding tert-OH is 1. The van der Waals surface area contributed by atoms with Crippen LogP contribution in [0.3, 0.4) is 0 Å². The predicted octanol–water partition coefficient (Wildman–Crippen LogP) is 2.28. The van der Waals surface area contributed by atoms with Gasteiger partial charge in [-0.25, -0.2) is 0 Å². The van der Waals surface area contributed by atoms with E-state index in [0.29, 0.717) is 11.6 Å². The van der Waals surface area contributed by atoms with E-state index in [1.54, 1.807) is 19.2 Å². The van der Waals surface area contributed by atoms with Gasteiger partial charge in [-0.1, -0.05) is 17.7 Å². The van der Waals surface area contributed by atoms with Crippen molar-refractivity contribution in [2.75, 3.05) is 19.0 Å².